The minimum atomic E-state index is -0.210. The van der Waals surface area contributed by atoms with E-state index in [0.717, 1.165) is 71.0 Å². The van der Waals surface area contributed by atoms with Crippen LogP contribution in [0.25, 0.3) is 0 Å². The number of nitrogens with zero attached hydrogens (tertiary/aromatic N) is 5. The molecule has 2 aromatic heterocycles. The first kappa shape index (κ1) is 19.7. The molecule has 1 amide bonds. The summed E-state index contributed by atoms with van der Waals surface area (Å²) in [5.41, 5.74) is 0.328. The van der Waals surface area contributed by atoms with Crippen molar-refractivity contribution in [3.63, 3.8) is 0 Å². The summed E-state index contributed by atoms with van der Waals surface area (Å²) in [5, 5.41) is 8.22. The van der Waals surface area contributed by atoms with Gasteiger partial charge in [-0.2, -0.15) is 4.98 Å². The third kappa shape index (κ3) is 4.12. The van der Waals surface area contributed by atoms with Gasteiger partial charge in [0, 0.05) is 44.8 Å². The van der Waals surface area contributed by atoms with Crippen LogP contribution in [0, 0.1) is 0 Å². The molecule has 0 radical (unpaired) electrons. The molecule has 3 saturated heterocycles. The van der Waals surface area contributed by atoms with Gasteiger partial charge in [0.2, 0.25) is 5.89 Å². The van der Waals surface area contributed by atoms with Gasteiger partial charge in [0.05, 0.1) is 19.8 Å². The molecular formula is C20H27N5O5. The van der Waals surface area contributed by atoms with Crippen LogP contribution in [0.3, 0.4) is 0 Å². The Bertz CT molecular complexity index is 855. The molecule has 2 aromatic rings. The van der Waals surface area contributed by atoms with Crippen LogP contribution in [0.2, 0.25) is 0 Å². The normalized spacial score (nSPS) is 23.9. The second-order valence-corrected chi connectivity index (χ2v) is 8.10. The van der Waals surface area contributed by atoms with Crippen molar-refractivity contribution in [3.05, 3.63) is 29.2 Å². The summed E-state index contributed by atoms with van der Waals surface area (Å²) in [6.45, 7) is 5.86. The van der Waals surface area contributed by atoms with E-state index in [2.05, 4.69) is 20.2 Å². The minimum Gasteiger partial charge on any atom is -0.381 e. The summed E-state index contributed by atoms with van der Waals surface area (Å²) in [6.07, 6.45) is 3.50. The number of carbonyl (C=O) groups is 1. The van der Waals surface area contributed by atoms with E-state index in [1.54, 1.807) is 11.0 Å². The van der Waals surface area contributed by atoms with Gasteiger partial charge in [-0.05, 0) is 25.7 Å². The van der Waals surface area contributed by atoms with E-state index in [1.807, 2.05) is 0 Å². The van der Waals surface area contributed by atoms with Crippen LogP contribution < -0.4 is 0 Å². The van der Waals surface area contributed by atoms with Crippen LogP contribution in [-0.2, 0) is 16.0 Å². The van der Waals surface area contributed by atoms with Gasteiger partial charge in [-0.1, -0.05) is 10.3 Å². The largest absolute Gasteiger partial charge is 0.381 e. The van der Waals surface area contributed by atoms with E-state index in [0.29, 0.717) is 30.4 Å². The molecule has 3 fully saturated rings. The maximum atomic E-state index is 13.1. The predicted molar refractivity (Wildman–Crippen MR) is 103 cm³/mol. The molecule has 1 atom stereocenters. The van der Waals surface area contributed by atoms with Crippen LogP contribution in [0.15, 0.2) is 15.1 Å². The van der Waals surface area contributed by atoms with Gasteiger partial charge in [-0.15, -0.1) is 0 Å². The summed E-state index contributed by atoms with van der Waals surface area (Å²) >= 11 is 0. The molecule has 0 saturated carbocycles. The molecule has 0 bridgehead atoms. The average Bonchev–Trinajstić information content (AvgIpc) is 3.55. The molecule has 3 aliphatic rings. The summed E-state index contributed by atoms with van der Waals surface area (Å²) in [4.78, 5) is 21.7. The first-order valence-corrected chi connectivity index (χ1v) is 10.8. The van der Waals surface area contributed by atoms with Gasteiger partial charge in [-0.3, -0.25) is 9.69 Å². The van der Waals surface area contributed by atoms with Crippen molar-refractivity contribution in [2.24, 2.45) is 0 Å². The van der Waals surface area contributed by atoms with Crippen LogP contribution in [0.1, 0.15) is 65.6 Å². The third-order valence-electron chi connectivity index (χ3n) is 6.10. The zero-order valence-corrected chi connectivity index (χ0v) is 17.0. The number of amides is 1. The van der Waals surface area contributed by atoms with Gasteiger partial charge in [0.1, 0.15) is 6.04 Å². The van der Waals surface area contributed by atoms with E-state index in [-0.39, 0.29) is 17.9 Å². The Morgan fingerprint density at radius 2 is 1.80 bits per heavy atom. The number of ether oxygens (including phenoxy) is 2. The number of carbonyl (C=O) groups excluding carboxylic acids is 1. The number of morpholine rings is 1. The standard InChI is InChI=1S/C20H27N5O5/c26-20(16-12-15(29-22-16)13-24-6-10-28-11-7-24)25-5-1-2-17(25)19-21-18(23-30-19)14-3-8-27-9-4-14/h12,14,17H,1-11,13H2. The molecule has 0 aromatic carbocycles. The second-order valence-electron chi connectivity index (χ2n) is 8.10. The Labute approximate surface area is 174 Å². The lowest BCUT2D eigenvalue weighted by Gasteiger charge is -2.25. The van der Waals surface area contributed by atoms with Crippen molar-refractivity contribution < 1.29 is 23.3 Å². The summed E-state index contributed by atoms with van der Waals surface area (Å²) in [6, 6.07) is 1.53. The fourth-order valence-electron chi connectivity index (χ4n) is 4.39. The molecule has 0 spiro atoms. The van der Waals surface area contributed by atoms with E-state index in [9.17, 15) is 4.79 Å². The van der Waals surface area contributed by atoms with E-state index in [1.165, 1.54) is 0 Å². The highest BCUT2D eigenvalue weighted by atomic mass is 16.5. The van der Waals surface area contributed by atoms with Gasteiger partial charge in [0.15, 0.2) is 17.3 Å². The van der Waals surface area contributed by atoms with Crippen LogP contribution in [0.5, 0.6) is 0 Å². The number of hydrogen-bond donors (Lipinski definition) is 0. The molecular weight excluding hydrogens is 390 g/mol. The van der Waals surface area contributed by atoms with Crippen molar-refractivity contribution in [1.29, 1.82) is 0 Å². The van der Waals surface area contributed by atoms with Gasteiger partial charge in [0.25, 0.3) is 5.91 Å². The van der Waals surface area contributed by atoms with Crippen LogP contribution in [0.4, 0.5) is 0 Å². The monoisotopic (exact) mass is 417 g/mol. The summed E-state index contributed by atoms with van der Waals surface area (Å²) in [5.74, 6) is 2.04. The molecule has 10 heteroatoms. The molecule has 0 aliphatic carbocycles. The number of likely N-dealkylation sites (tertiary alicyclic amines) is 1. The van der Waals surface area contributed by atoms with Crippen molar-refractivity contribution in [1.82, 2.24) is 25.1 Å². The zero-order valence-electron chi connectivity index (χ0n) is 17.0. The predicted octanol–water partition coefficient (Wildman–Crippen LogP) is 1.76. The second kappa shape index (κ2) is 8.83. The SMILES string of the molecule is O=C(c1cc(CN2CCOCC2)on1)N1CCCC1c1nc(C2CCOCC2)no1. The molecule has 10 nitrogen and oxygen atoms in total. The molecule has 162 valence electrons. The smallest absolute Gasteiger partial charge is 0.276 e. The lowest BCUT2D eigenvalue weighted by Crippen LogP contribution is -2.35. The Kier molecular flexibility index (Phi) is 5.78. The van der Waals surface area contributed by atoms with Crippen molar-refractivity contribution in [2.75, 3.05) is 46.1 Å². The Hall–Kier alpha value is -2.30. The molecule has 1 unspecified atom stereocenters. The Balaban J connectivity index is 1.26. The summed E-state index contributed by atoms with van der Waals surface area (Å²) in [7, 11) is 0. The molecule has 3 aliphatic heterocycles. The first-order valence-electron chi connectivity index (χ1n) is 10.8. The number of rotatable bonds is 5. The third-order valence-corrected chi connectivity index (χ3v) is 6.10. The van der Waals surface area contributed by atoms with Crippen LogP contribution in [-0.4, -0.2) is 77.1 Å². The van der Waals surface area contributed by atoms with Gasteiger partial charge >= 0.3 is 0 Å². The molecule has 0 N–H and O–H groups in total. The fraction of sp³-hybridized carbons (Fsp3) is 0.700. The first-order chi connectivity index (χ1) is 14.8. The van der Waals surface area contributed by atoms with Crippen LogP contribution >= 0.6 is 0 Å². The maximum absolute atomic E-state index is 13.1. The molecule has 5 rings (SSSR count). The maximum Gasteiger partial charge on any atom is 0.276 e. The zero-order chi connectivity index (χ0) is 20.3. The lowest BCUT2D eigenvalue weighted by molar-refractivity contribution is 0.0305. The average molecular weight is 417 g/mol. The minimum absolute atomic E-state index is 0.153. The highest BCUT2D eigenvalue weighted by molar-refractivity contribution is 5.92. The Morgan fingerprint density at radius 1 is 1.00 bits per heavy atom. The van der Waals surface area contributed by atoms with E-state index >= 15 is 0 Å². The fourth-order valence-corrected chi connectivity index (χ4v) is 4.39. The molecule has 30 heavy (non-hydrogen) atoms. The highest BCUT2D eigenvalue weighted by Crippen LogP contribution is 2.34. The summed E-state index contributed by atoms with van der Waals surface area (Å²) < 4.78 is 21.8. The van der Waals surface area contributed by atoms with Gasteiger partial charge < -0.3 is 23.4 Å². The van der Waals surface area contributed by atoms with E-state index < -0.39 is 0 Å². The van der Waals surface area contributed by atoms with Gasteiger partial charge in [-0.25, -0.2) is 0 Å². The quantitative estimate of drug-likeness (QED) is 0.719. The van der Waals surface area contributed by atoms with Crippen molar-refractivity contribution in [3.8, 4) is 0 Å². The highest BCUT2D eigenvalue weighted by Gasteiger charge is 2.36. The Morgan fingerprint density at radius 3 is 2.63 bits per heavy atom. The number of aromatic nitrogens is 3. The molecule has 5 heterocycles. The van der Waals surface area contributed by atoms with Crippen molar-refractivity contribution in [2.45, 2.75) is 44.2 Å². The lowest BCUT2D eigenvalue weighted by atomic mass is 10.00. The van der Waals surface area contributed by atoms with Crippen molar-refractivity contribution >= 4 is 5.91 Å². The topological polar surface area (TPSA) is 107 Å². The van der Waals surface area contributed by atoms with E-state index in [4.69, 9.17) is 18.5 Å². The number of hydrogen-bond acceptors (Lipinski definition) is 9.